The number of carbonyl (C=O) groups is 4. The van der Waals surface area contributed by atoms with Gasteiger partial charge in [-0.15, -0.1) is 0 Å². The largest absolute Gasteiger partial charge is 0.481 e. The Morgan fingerprint density at radius 1 is 0.478 bits per heavy atom. The minimum absolute atomic E-state index is 0.0537. The molecule has 0 spiro atoms. The summed E-state index contributed by atoms with van der Waals surface area (Å²) in [5.41, 5.74) is 18.7. The van der Waals surface area contributed by atoms with E-state index in [0.29, 0.717) is 0 Å². The van der Waals surface area contributed by atoms with Crippen LogP contribution in [0.2, 0.25) is 0 Å². The van der Waals surface area contributed by atoms with Crippen molar-refractivity contribution < 1.29 is 90.6 Å². The van der Waals surface area contributed by atoms with Crippen LogP contribution in [0.25, 0.3) is 0 Å². The van der Waals surface area contributed by atoms with E-state index in [2.05, 4.69) is 16.0 Å². The number of nitrogens with two attached hydrogens (primary N) is 3. The molecule has 8 rings (SSSR count). The number of amides is 3. The smallest absolute Gasteiger partial charge is 0.305 e. The lowest BCUT2D eigenvalue weighted by atomic mass is 9.96. The molecule has 0 unspecified atom stereocenters. The number of fused-ring (bicyclic) bond motifs is 4. The van der Waals surface area contributed by atoms with Crippen LogP contribution in [0.3, 0.4) is 0 Å². The van der Waals surface area contributed by atoms with E-state index in [1.54, 1.807) is 55.4 Å². The molecule has 0 radical (unpaired) electrons. The lowest BCUT2D eigenvalue weighted by Gasteiger charge is -2.32. The van der Waals surface area contributed by atoms with Crippen molar-refractivity contribution in [3.8, 4) is 0 Å². The Morgan fingerprint density at radius 3 is 1.16 bits per heavy atom. The number of carbonyl (C=O) groups excluding carboxylic acids is 3. The number of carboxylic acids is 1. The summed E-state index contributed by atoms with van der Waals surface area (Å²) in [7, 11) is 2.87. The van der Waals surface area contributed by atoms with E-state index in [4.69, 9.17) is 83.5 Å². The van der Waals surface area contributed by atoms with Crippen LogP contribution >= 0.6 is 0 Å². The van der Waals surface area contributed by atoms with Gasteiger partial charge in [0, 0.05) is 52.6 Å². The Hall–Kier alpha value is -2.80. The number of rotatable bonds is 19. The van der Waals surface area contributed by atoms with Crippen molar-refractivity contribution >= 4 is 23.7 Å². The molecule has 8 saturated heterocycles. The fourth-order valence-corrected chi connectivity index (χ4v) is 11.2. The molecular formula is C44H72N6O19. The third kappa shape index (κ3) is 11.1. The summed E-state index contributed by atoms with van der Waals surface area (Å²) in [6, 6.07) is -4.26. The van der Waals surface area contributed by atoms with Gasteiger partial charge in [-0.3, -0.25) is 19.2 Å². The van der Waals surface area contributed by atoms with E-state index >= 15 is 0 Å². The van der Waals surface area contributed by atoms with Crippen LogP contribution < -0.4 is 33.2 Å². The molecule has 3 amide bonds. The van der Waals surface area contributed by atoms with Crippen molar-refractivity contribution in [2.45, 2.75) is 226 Å². The second kappa shape index (κ2) is 19.9. The summed E-state index contributed by atoms with van der Waals surface area (Å²) in [4.78, 5) is 55.4. The second-order valence-electron chi connectivity index (χ2n) is 20.8. The normalized spacial score (nSPS) is 41.4. The zero-order valence-corrected chi connectivity index (χ0v) is 40.8. The van der Waals surface area contributed by atoms with Crippen molar-refractivity contribution in [1.82, 2.24) is 16.0 Å². The third-order valence-electron chi connectivity index (χ3n) is 13.7. The van der Waals surface area contributed by atoms with Crippen LogP contribution in [0, 0.1) is 0 Å². The van der Waals surface area contributed by atoms with Crippen LogP contribution in [0.5, 0.6) is 0 Å². The second-order valence-corrected chi connectivity index (χ2v) is 20.8. The van der Waals surface area contributed by atoms with Gasteiger partial charge in [0.1, 0.15) is 73.2 Å². The van der Waals surface area contributed by atoms with Gasteiger partial charge in [0.15, 0.2) is 35.7 Å². The monoisotopic (exact) mass is 988 g/mol. The van der Waals surface area contributed by atoms with Crippen LogP contribution in [-0.2, 0) is 85.5 Å². The highest BCUT2D eigenvalue weighted by molar-refractivity contribution is 5.82. The number of carboxylic acid groups (broad SMARTS) is 1. The van der Waals surface area contributed by atoms with Crippen LogP contribution in [0.15, 0.2) is 0 Å². The van der Waals surface area contributed by atoms with E-state index < -0.39 is 188 Å². The molecule has 10 N–H and O–H groups in total. The van der Waals surface area contributed by atoms with E-state index in [1.807, 2.05) is 0 Å². The number of hydrogen-bond acceptors (Lipinski definition) is 21. The Balaban J connectivity index is 1.03. The first-order valence-corrected chi connectivity index (χ1v) is 23.7. The number of hydrogen-bond donors (Lipinski definition) is 7. The third-order valence-corrected chi connectivity index (χ3v) is 13.7. The Morgan fingerprint density at radius 2 is 0.783 bits per heavy atom. The molecule has 25 heteroatoms. The maximum Gasteiger partial charge on any atom is 0.305 e. The Labute approximate surface area is 400 Å². The number of aliphatic carboxylic acids is 1. The van der Waals surface area contributed by atoms with E-state index in [-0.39, 0.29) is 19.5 Å². The summed E-state index contributed by atoms with van der Waals surface area (Å²) >= 11 is 0. The van der Waals surface area contributed by atoms with Gasteiger partial charge >= 0.3 is 5.97 Å². The highest BCUT2D eigenvalue weighted by Gasteiger charge is 2.62. The van der Waals surface area contributed by atoms with Crippen molar-refractivity contribution in [3.63, 3.8) is 0 Å². The van der Waals surface area contributed by atoms with Crippen molar-refractivity contribution in [2.75, 3.05) is 27.3 Å². The molecule has 8 aliphatic rings. The first-order chi connectivity index (χ1) is 32.3. The fourth-order valence-electron chi connectivity index (χ4n) is 11.2. The van der Waals surface area contributed by atoms with Crippen molar-refractivity contribution in [3.05, 3.63) is 0 Å². The summed E-state index contributed by atoms with van der Waals surface area (Å²) in [6.07, 6.45) is -14.0. The average molecular weight is 989 g/mol. The lowest BCUT2D eigenvalue weighted by molar-refractivity contribution is -0.230. The maximum atomic E-state index is 14.7. The van der Waals surface area contributed by atoms with Crippen molar-refractivity contribution in [1.29, 1.82) is 0 Å². The standard InChI is InChI=1S/C44H72N6O19/c1-41(2)62-31-21(15-45)58-27(33(31)64-41)17(47)11-23(51)48-18(29-35-37(39(56-9)60-29)68-43(5,6)66-35)12-24(52)49-19(30-36-38(40(57-10)61-30)69-44(7,8)67-36)13-25(53)50-20(14-26(54)55)28-34-32(22(16-46)59-28)63-42(3,4)65-34/h17-22,27-40H,11-16,45-47H2,1-10H3,(H,48,51)(H,49,52)(H,50,53)(H,54,55)/t17-,18+,19-,20+,21+,22+,27+,28+,29+,30+,31+,32+,33-,34-,35-,36-,37-,38-,39-,40-/m0/s1. The molecule has 20 atom stereocenters. The van der Waals surface area contributed by atoms with Crippen LogP contribution in [0.1, 0.15) is 81.1 Å². The van der Waals surface area contributed by atoms with Crippen molar-refractivity contribution in [2.24, 2.45) is 17.2 Å². The molecule has 8 heterocycles. The SMILES string of the molecule is CO[C@H]1O[C@H]([C@H](CC(=O)N[C@H](CC(=O)O)[C@H]2O[C@H](CN)[C@H]3OC(C)(C)O[C@@H]23)NC(=O)C[C@@H](NC(=O)C[C@H](N)[C@H]2O[C@H](CN)[C@H]3OC(C)(C)O[C@@H]23)[C@H]2O[C@H](OC)[C@H]3OC(C)(C)O[C@H]32)[C@@H]2OC(C)(C)O[C@H]12. The number of nitrogens with one attached hydrogen (secondary N) is 3. The molecule has 0 aliphatic carbocycles. The predicted octanol–water partition coefficient (Wildman–Crippen LogP) is -2.31. The summed E-state index contributed by atoms with van der Waals surface area (Å²) in [6.45, 7) is 14.1. The van der Waals surface area contributed by atoms with Gasteiger partial charge in [0.25, 0.3) is 0 Å². The molecule has 392 valence electrons. The molecule has 0 aromatic heterocycles. The van der Waals surface area contributed by atoms with Gasteiger partial charge in [0.2, 0.25) is 17.7 Å². The number of methoxy groups -OCH3 is 2. The van der Waals surface area contributed by atoms with Gasteiger partial charge in [-0.25, -0.2) is 0 Å². The number of ether oxygens (including phenoxy) is 14. The molecule has 0 aromatic carbocycles. The molecule has 69 heavy (non-hydrogen) atoms. The molecule has 8 fully saturated rings. The van der Waals surface area contributed by atoms with Crippen LogP contribution in [0.4, 0.5) is 0 Å². The van der Waals surface area contributed by atoms with E-state index in [1.165, 1.54) is 14.2 Å². The molecule has 8 aliphatic heterocycles. The Kier molecular flexibility index (Phi) is 15.1. The summed E-state index contributed by atoms with van der Waals surface area (Å²) < 4.78 is 85.5. The van der Waals surface area contributed by atoms with Gasteiger partial charge in [-0.05, 0) is 55.4 Å². The molecular weight excluding hydrogens is 917 g/mol. The maximum absolute atomic E-state index is 14.7. The zero-order valence-electron chi connectivity index (χ0n) is 40.8. The summed E-state index contributed by atoms with van der Waals surface area (Å²) in [5, 5.41) is 18.8. The summed E-state index contributed by atoms with van der Waals surface area (Å²) in [5.74, 6) is -7.18. The van der Waals surface area contributed by atoms with Gasteiger partial charge in [-0.2, -0.15) is 0 Å². The molecule has 0 saturated carbocycles. The minimum Gasteiger partial charge on any atom is -0.481 e. The quantitative estimate of drug-likeness (QED) is 0.0715. The predicted molar refractivity (Wildman–Crippen MR) is 232 cm³/mol. The van der Waals surface area contributed by atoms with E-state index in [9.17, 15) is 24.3 Å². The first kappa shape index (κ1) is 52.5. The lowest BCUT2D eigenvalue weighted by Crippen LogP contribution is -2.56. The molecule has 0 aromatic rings. The first-order valence-electron chi connectivity index (χ1n) is 23.7. The molecule has 0 bridgehead atoms. The van der Waals surface area contributed by atoms with Crippen LogP contribution in [-0.4, -0.2) is 201 Å². The fraction of sp³-hybridized carbons (Fsp3) is 0.909. The zero-order chi connectivity index (χ0) is 50.1. The topological polar surface area (TPSA) is 332 Å². The van der Waals surface area contributed by atoms with E-state index in [0.717, 1.165) is 0 Å². The minimum atomic E-state index is -1.21. The highest BCUT2D eigenvalue weighted by atomic mass is 16.8. The van der Waals surface area contributed by atoms with Gasteiger partial charge in [0.05, 0.1) is 36.8 Å². The van der Waals surface area contributed by atoms with Gasteiger partial charge in [-0.1, -0.05) is 0 Å². The highest BCUT2D eigenvalue weighted by Crippen LogP contribution is 2.44. The Bertz CT molecular complexity index is 1900. The van der Waals surface area contributed by atoms with Gasteiger partial charge < -0.3 is 105 Å². The average Bonchev–Trinajstić information content (AvgIpc) is 4.11. The molecule has 25 nitrogen and oxygen atoms in total.